The topological polar surface area (TPSA) is 71.7 Å². The van der Waals surface area contributed by atoms with Gasteiger partial charge in [0.05, 0.1) is 4.88 Å². The van der Waals surface area contributed by atoms with Crippen LogP contribution < -0.4 is 0 Å². The molecule has 3 rings (SSSR count). The van der Waals surface area contributed by atoms with Crippen LogP contribution in [0, 0.1) is 0 Å². The highest BCUT2D eigenvalue weighted by Gasteiger charge is 2.24. The maximum atomic E-state index is 11.6. The zero-order valence-electron chi connectivity index (χ0n) is 8.27. The first kappa shape index (κ1) is 9.53. The Morgan fingerprint density at radius 2 is 2.31 bits per heavy atom. The third kappa shape index (κ3) is 1.19. The molecule has 5 nitrogen and oxygen atoms in total. The van der Waals surface area contributed by atoms with E-state index in [4.69, 9.17) is 5.11 Å². The highest BCUT2D eigenvalue weighted by molar-refractivity contribution is 7.19. The molecule has 0 radical (unpaired) electrons. The molecule has 2 heterocycles. The van der Waals surface area contributed by atoms with Crippen LogP contribution in [0.4, 0.5) is 0 Å². The number of nitrogens with zero attached hydrogens (tertiary/aromatic N) is 2. The van der Waals surface area contributed by atoms with E-state index >= 15 is 0 Å². The summed E-state index contributed by atoms with van der Waals surface area (Å²) in [4.78, 5) is 27.7. The van der Waals surface area contributed by atoms with Crippen LogP contribution in [0.5, 0.6) is 0 Å². The number of carboxylic acids is 1. The maximum Gasteiger partial charge on any atom is 0.356 e. The Balaban J connectivity index is 2.25. The minimum Gasteiger partial charge on any atom is -0.476 e. The smallest absolute Gasteiger partial charge is 0.356 e. The third-order valence-corrected chi connectivity index (χ3v) is 3.85. The summed E-state index contributed by atoms with van der Waals surface area (Å²) in [6.45, 7) is 0. The van der Waals surface area contributed by atoms with E-state index in [9.17, 15) is 9.59 Å². The van der Waals surface area contributed by atoms with E-state index in [1.807, 2.05) is 0 Å². The highest BCUT2D eigenvalue weighted by Crippen LogP contribution is 2.29. The molecule has 0 saturated carbocycles. The molecule has 82 valence electrons. The van der Waals surface area contributed by atoms with Crippen molar-refractivity contribution in [2.45, 2.75) is 19.3 Å². The number of carbonyl (C=O) groups excluding carboxylic acids is 1. The first-order valence-electron chi connectivity index (χ1n) is 4.94. The summed E-state index contributed by atoms with van der Waals surface area (Å²) >= 11 is 1.29. The van der Waals surface area contributed by atoms with E-state index < -0.39 is 5.97 Å². The number of aromatic carboxylic acids is 1. The van der Waals surface area contributed by atoms with Gasteiger partial charge in [-0.3, -0.25) is 9.20 Å². The quantitative estimate of drug-likeness (QED) is 0.816. The third-order valence-electron chi connectivity index (χ3n) is 2.71. The Labute approximate surface area is 94.3 Å². The Morgan fingerprint density at radius 1 is 1.50 bits per heavy atom. The second-order valence-electron chi connectivity index (χ2n) is 3.74. The van der Waals surface area contributed by atoms with Gasteiger partial charge in [0.25, 0.3) is 0 Å². The van der Waals surface area contributed by atoms with Gasteiger partial charge in [-0.15, -0.1) is 0 Å². The molecular weight excluding hydrogens is 228 g/mol. The monoisotopic (exact) mass is 236 g/mol. The standard InChI is InChI=1S/C10H8N2O3S/c13-7-3-1-2-6-8(7)16-10-11-5(9(14)15)4-12(6)10/h4H,1-3H2,(H,14,15). The number of aromatic nitrogens is 2. The molecule has 1 N–H and O–H groups in total. The Morgan fingerprint density at radius 3 is 3.06 bits per heavy atom. The van der Waals surface area contributed by atoms with E-state index in [0.29, 0.717) is 11.4 Å². The number of ketones is 1. The van der Waals surface area contributed by atoms with Crippen LogP contribution in [-0.4, -0.2) is 26.2 Å². The lowest BCUT2D eigenvalue weighted by atomic mass is 10.0. The molecule has 16 heavy (non-hydrogen) atoms. The summed E-state index contributed by atoms with van der Waals surface area (Å²) in [6.07, 6.45) is 3.72. The minimum atomic E-state index is -1.04. The molecule has 0 unspecified atom stereocenters. The van der Waals surface area contributed by atoms with Gasteiger partial charge in [0.2, 0.25) is 0 Å². The fourth-order valence-electron chi connectivity index (χ4n) is 1.97. The van der Waals surface area contributed by atoms with Crippen LogP contribution >= 0.6 is 11.3 Å². The van der Waals surface area contributed by atoms with Crippen LogP contribution in [-0.2, 0) is 6.42 Å². The summed E-state index contributed by atoms with van der Waals surface area (Å²) < 4.78 is 1.74. The molecule has 2 aromatic rings. The highest BCUT2D eigenvalue weighted by atomic mass is 32.1. The molecule has 6 heteroatoms. The van der Waals surface area contributed by atoms with E-state index in [-0.39, 0.29) is 11.5 Å². The number of Topliss-reactive ketones (excluding diaryl/α,β-unsaturated/α-hetero) is 1. The van der Waals surface area contributed by atoms with Gasteiger partial charge in [0.1, 0.15) is 0 Å². The van der Waals surface area contributed by atoms with Crippen molar-refractivity contribution in [3.8, 4) is 0 Å². The lowest BCUT2D eigenvalue weighted by Gasteiger charge is -2.08. The van der Waals surface area contributed by atoms with Crippen molar-refractivity contribution < 1.29 is 14.7 Å². The lowest BCUT2D eigenvalue weighted by Crippen LogP contribution is -2.09. The molecule has 0 atom stereocenters. The summed E-state index contributed by atoms with van der Waals surface area (Å²) in [6, 6.07) is 0. The van der Waals surface area contributed by atoms with Gasteiger partial charge in [0.15, 0.2) is 16.4 Å². The number of hydrogen-bond donors (Lipinski definition) is 1. The van der Waals surface area contributed by atoms with Crippen molar-refractivity contribution >= 4 is 28.1 Å². The second kappa shape index (κ2) is 3.15. The minimum absolute atomic E-state index is 0.0343. The van der Waals surface area contributed by atoms with Crippen LogP contribution in [0.2, 0.25) is 0 Å². The van der Waals surface area contributed by atoms with Gasteiger partial charge in [0, 0.05) is 18.3 Å². The Hall–Kier alpha value is -1.69. The van der Waals surface area contributed by atoms with Gasteiger partial charge in [-0.2, -0.15) is 0 Å². The molecule has 0 aromatic carbocycles. The van der Waals surface area contributed by atoms with E-state index in [2.05, 4.69) is 4.98 Å². The maximum absolute atomic E-state index is 11.6. The van der Waals surface area contributed by atoms with Crippen LogP contribution in [0.15, 0.2) is 6.20 Å². The lowest BCUT2D eigenvalue weighted by molar-refractivity contribution is 0.0691. The molecule has 0 saturated heterocycles. The number of carboxylic acid groups (broad SMARTS) is 1. The van der Waals surface area contributed by atoms with Crippen molar-refractivity contribution in [2.24, 2.45) is 0 Å². The summed E-state index contributed by atoms with van der Waals surface area (Å²) in [5.41, 5.74) is 0.948. The van der Waals surface area contributed by atoms with Crippen molar-refractivity contribution in [1.29, 1.82) is 0 Å². The van der Waals surface area contributed by atoms with Crippen molar-refractivity contribution in [3.63, 3.8) is 0 Å². The Bertz CT molecular complexity index is 611. The number of thiazole rings is 1. The number of imidazole rings is 1. The van der Waals surface area contributed by atoms with Gasteiger partial charge >= 0.3 is 5.97 Å². The van der Waals surface area contributed by atoms with Crippen LogP contribution in [0.1, 0.15) is 38.7 Å². The fraction of sp³-hybridized carbons (Fsp3) is 0.300. The fourth-order valence-corrected chi connectivity index (χ4v) is 3.09. The Kier molecular flexibility index (Phi) is 1.88. The predicted octanol–water partition coefficient (Wildman–Crippen LogP) is 1.61. The zero-order chi connectivity index (χ0) is 11.3. The normalized spacial score (nSPS) is 15.4. The number of rotatable bonds is 1. The van der Waals surface area contributed by atoms with Gasteiger partial charge in [-0.25, -0.2) is 9.78 Å². The van der Waals surface area contributed by atoms with Gasteiger partial charge in [-0.05, 0) is 12.8 Å². The predicted molar refractivity (Wildman–Crippen MR) is 57.3 cm³/mol. The number of carbonyl (C=O) groups is 2. The van der Waals surface area contributed by atoms with Crippen LogP contribution in [0.25, 0.3) is 4.96 Å². The molecule has 1 aliphatic rings. The van der Waals surface area contributed by atoms with E-state index in [0.717, 1.165) is 23.4 Å². The average molecular weight is 236 g/mol. The molecule has 2 aromatic heterocycles. The van der Waals surface area contributed by atoms with Gasteiger partial charge in [-0.1, -0.05) is 11.3 Å². The molecule has 0 amide bonds. The molecule has 0 fully saturated rings. The van der Waals surface area contributed by atoms with Crippen molar-refractivity contribution in [1.82, 2.24) is 9.38 Å². The molecule has 0 aliphatic heterocycles. The van der Waals surface area contributed by atoms with Crippen molar-refractivity contribution in [2.75, 3.05) is 0 Å². The summed E-state index contributed by atoms with van der Waals surface area (Å²) in [5, 5.41) is 8.82. The molecular formula is C10H8N2O3S. The van der Waals surface area contributed by atoms with E-state index in [1.165, 1.54) is 17.5 Å². The molecule has 1 aliphatic carbocycles. The average Bonchev–Trinajstić information content (AvgIpc) is 2.76. The van der Waals surface area contributed by atoms with E-state index in [1.54, 1.807) is 4.40 Å². The molecule has 0 spiro atoms. The largest absolute Gasteiger partial charge is 0.476 e. The SMILES string of the molecule is O=C(O)c1cn2c3c(sc2n1)C(=O)CCC3. The first-order chi connectivity index (χ1) is 7.66. The zero-order valence-corrected chi connectivity index (χ0v) is 9.08. The van der Waals surface area contributed by atoms with Crippen molar-refractivity contribution in [3.05, 3.63) is 22.5 Å². The number of fused-ring (bicyclic) bond motifs is 3. The number of aryl methyl sites for hydroxylation is 1. The summed E-state index contributed by atoms with van der Waals surface area (Å²) in [5.74, 6) is -0.889. The first-order valence-corrected chi connectivity index (χ1v) is 5.76. The second-order valence-corrected chi connectivity index (χ2v) is 4.72. The van der Waals surface area contributed by atoms with Crippen LogP contribution in [0.3, 0.4) is 0 Å². The summed E-state index contributed by atoms with van der Waals surface area (Å²) in [7, 11) is 0. The van der Waals surface area contributed by atoms with Gasteiger partial charge < -0.3 is 5.11 Å². The number of hydrogen-bond acceptors (Lipinski definition) is 4. The molecule has 0 bridgehead atoms.